The van der Waals surface area contributed by atoms with Crippen molar-refractivity contribution in [1.82, 2.24) is 10.2 Å². The van der Waals surface area contributed by atoms with Gasteiger partial charge < -0.3 is 19.7 Å². The van der Waals surface area contributed by atoms with E-state index in [1.54, 1.807) is 26.2 Å². The van der Waals surface area contributed by atoms with Crippen LogP contribution >= 0.6 is 12.4 Å². The molecule has 0 bridgehead atoms. The molecule has 0 fully saturated rings. The van der Waals surface area contributed by atoms with Crippen molar-refractivity contribution in [2.24, 2.45) is 0 Å². The molecule has 27 heavy (non-hydrogen) atoms. The molecule has 0 aliphatic rings. The zero-order valence-corrected chi connectivity index (χ0v) is 16.2. The highest BCUT2D eigenvalue weighted by Crippen LogP contribution is 2.22. The number of hydrogen-bond donors (Lipinski definition) is 1. The highest BCUT2D eigenvalue weighted by molar-refractivity contribution is 5.85. The Hall–Kier alpha value is -2.38. The van der Waals surface area contributed by atoms with E-state index < -0.39 is 17.7 Å². The minimum atomic E-state index is -0.673. The van der Waals surface area contributed by atoms with Crippen LogP contribution in [-0.4, -0.2) is 38.7 Å². The van der Waals surface area contributed by atoms with Crippen LogP contribution in [0.4, 0.5) is 13.6 Å². The van der Waals surface area contributed by atoms with E-state index in [4.69, 9.17) is 9.47 Å². The molecule has 5 nitrogen and oxygen atoms in total. The van der Waals surface area contributed by atoms with Crippen LogP contribution in [0.25, 0.3) is 0 Å². The van der Waals surface area contributed by atoms with Gasteiger partial charge in [0.1, 0.15) is 23.1 Å². The summed E-state index contributed by atoms with van der Waals surface area (Å²) in [5.41, 5.74) is 0.978. The summed E-state index contributed by atoms with van der Waals surface area (Å²) < 4.78 is 36.9. The number of rotatable bonds is 7. The monoisotopic (exact) mass is 400 g/mol. The second-order valence-electron chi connectivity index (χ2n) is 5.91. The summed E-state index contributed by atoms with van der Waals surface area (Å²) in [7, 11) is 5.03. The smallest absolute Gasteiger partial charge is 0.414 e. The van der Waals surface area contributed by atoms with Crippen LogP contribution in [0, 0.1) is 11.6 Å². The molecule has 0 saturated heterocycles. The Labute approximate surface area is 163 Å². The molecule has 1 N–H and O–H groups in total. The van der Waals surface area contributed by atoms with Crippen LogP contribution in [0.3, 0.4) is 0 Å². The Morgan fingerprint density at radius 2 is 1.67 bits per heavy atom. The van der Waals surface area contributed by atoms with E-state index in [9.17, 15) is 13.6 Å². The fraction of sp³-hybridized carbons (Fsp3) is 0.316. The lowest BCUT2D eigenvalue weighted by molar-refractivity contribution is 0.172. The Kier molecular flexibility index (Phi) is 8.97. The van der Waals surface area contributed by atoms with E-state index in [0.717, 1.165) is 23.8 Å². The predicted molar refractivity (Wildman–Crippen MR) is 102 cm³/mol. The van der Waals surface area contributed by atoms with Gasteiger partial charge in [-0.3, -0.25) is 0 Å². The normalized spacial score (nSPS) is 11.3. The molecule has 0 aromatic heterocycles. The van der Waals surface area contributed by atoms with E-state index in [1.807, 2.05) is 19.2 Å². The van der Waals surface area contributed by atoms with Crippen LogP contribution in [0.15, 0.2) is 42.5 Å². The summed E-state index contributed by atoms with van der Waals surface area (Å²) in [5, 5.41) is 3.16. The molecule has 0 saturated carbocycles. The standard InChI is InChI=1S/C19H22F2N2O3.ClH/c1-22-18(8-9-25-17-11-14(20)10-15(21)12-17)13-4-6-16(7-5-13)26-19(24)23(2)3;/h4-7,10-12,18,22H,8-9H2,1-3H3;1H. The minimum Gasteiger partial charge on any atom is -0.493 e. The molecule has 0 heterocycles. The van der Waals surface area contributed by atoms with E-state index in [2.05, 4.69) is 5.32 Å². The molecule has 2 aromatic carbocycles. The SMILES string of the molecule is CNC(CCOc1cc(F)cc(F)c1)c1ccc(OC(=O)N(C)C)cc1.Cl. The second kappa shape index (κ2) is 10.7. The van der Waals surface area contributed by atoms with Crippen molar-refractivity contribution in [1.29, 1.82) is 0 Å². The zero-order valence-electron chi connectivity index (χ0n) is 15.4. The Balaban J connectivity index is 0.00000364. The van der Waals surface area contributed by atoms with Gasteiger partial charge in [0.25, 0.3) is 0 Å². The fourth-order valence-corrected chi connectivity index (χ4v) is 2.34. The summed E-state index contributed by atoms with van der Waals surface area (Å²) in [4.78, 5) is 12.9. The first-order valence-electron chi connectivity index (χ1n) is 8.14. The number of amides is 1. The van der Waals surface area contributed by atoms with Crippen LogP contribution in [0.2, 0.25) is 0 Å². The maximum atomic E-state index is 13.2. The molecule has 148 valence electrons. The lowest BCUT2D eigenvalue weighted by Crippen LogP contribution is -2.25. The summed E-state index contributed by atoms with van der Waals surface area (Å²) in [5.74, 6) is -0.738. The van der Waals surface area contributed by atoms with Gasteiger partial charge in [-0.2, -0.15) is 0 Å². The first kappa shape index (κ1) is 22.7. The molecule has 8 heteroatoms. The number of ether oxygens (including phenoxy) is 2. The average Bonchev–Trinajstić information content (AvgIpc) is 2.58. The lowest BCUT2D eigenvalue weighted by atomic mass is 10.0. The third kappa shape index (κ3) is 7.03. The van der Waals surface area contributed by atoms with Gasteiger partial charge in [-0.05, 0) is 24.7 Å². The third-order valence-electron chi connectivity index (χ3n) is 3.71. The molecule has 2 aromatic rings. The van der Waals surface area contributed by atoms with E-state index in [0.29, 0.717) is 12.2 Å². The number of halogens is 3. The van der Waals surface area contributed by atoms with Crippen molar-refractivity contribution in [2.75, 3.05) is 27.7 Å². The number of carbonyl (C=O) groups excluding carboxylic acids is 1. The van der Waals surface area contributed by atoms with Crippen molar-refractivity contribution < 1.29 is 23.0 Å². The number of carbonyl (C=O) groups is 1. The first-order valence-corrected chi connectivity index (χ1v) is 8.14. The highest BCUT2D eigenvalue weighted by Gasteiger charge is 2.12. The van der Waals surface area contributed by atoms with Gasteiger partial charge in [0.15, 0.2) is 0 Å². The van der Waals surface area contributed by atoms with Gasteiger partial charge in [0, 0.05) is 44.8 Å². The molecule has 0 aliphatic heterocycles. The lowest BCUT2D eigenvalue weighted by Gasteiger charge is -2.18. The first-order chi connectivity index (χ1) is 12.4. The van der Waals surface area contributed by atoms with Crippen molar-refractivity contribution in [3.63, 3.8) is 0 Å². The minimum absolute atomic E-state index is 0. The molecule has 0 radical (unpaired) electrons. The Morgan fingerprint density at radius 1 is 1.07 bits per heavy atom. The summed E-state index contributed by atoms with van der Waals surface area (Å²) in [6.07, 6.45) is 0.143. The molecule has 0 aliphatic carbocycles. The summed E-state index contributed by atoms with van der Waals surface area (Å²) in [6.45, 7) is 0.283. The van der Waals surface area contributed by atoms with Gasteiger partial charge in [-0.1, -0.05) is 12.1 Å². The van der Waals surface area contributed by atoms with Crippen LogP contribution in [-0.2, 0) is 0 Å². The number of nitrogens with zero attached hydrogens (tertiary/aromatic N) is 1. The quantitative estimate of drug-likeness (QED) is 0.757. The van der Waals surface area contributed by atoms with Crippen LogP contribution in [0.5, 0.6) is 11.5 Å². The molecule has 2 rings (SSSR count). The van der Waals surface area contributed by atoms with Gasteiger partial charge in [0.05, 0.1) is 6.61 Å². The second-order valence-corrected chi connectivity index (χ2v) is 5.91. The predicted octanol–water partition coefficient (Wildman–Crippen LogP) is 4.18. The number of benzene rings is 2. The van der Waals surface area contributed by atoms with E-state index in [1.165, 1.54) is 4.90 Å². The van der Waals surface area contributed by atoms with Crippen molar-refractivity contribution in [2.45, 2.75) is 12.5 Å². The summed E-state index contributed by atoms with van der Waals surface area (Å²) >= 11 is 0. The molecule has 1 amide bonds. The number of hydrogen-bond acceptors (Lipinski definition) is 4. The van der Waals surface area contributed by atoms with Gasteiger partial charge in [0.2, 0.25) is 0 Å². The van der Waals surface area contributed by atoms with Crippen LogP contribution < -0.4 is 14.8 Å². The topological polar surface area (TPSA) is 50.8 Å². The average molecular weight is 401 g/mol. The fourth-order valence-electron chi connectivity index (χ4n) is 2.34. The maximum absolute atomic E-state index is 13.2. The molecular weight excluding hydrogens is 378 g/mol. The Bertz CT molecular complexity index is 722. The van der Waals surface area contributed by atoms with E-state index in [-0.39, 0.29) is 30.8 Å². The molecule has 1 unspecified atom stereocenters. The maximum Gasteiger partial charge on any atom is 0.414 e. The Morgan fingerprint density at radius 3 is 2.19 bits per heavy atom. The van der Waals surface area contributed by atoms with Crippen molar-refractivity contribution >= 4 is 18.5 Å². The van der Waals surface area contributed by atoms with Gasteiger partial charge >= 0.3 is 6.09 Å². The van der Waals surface area contributed by atoms with Crippen molar-refractivity contribution in [3.05, 3.63) is 59.7 Å². The zero-order chi connectivity index (χ0) is 19.1. The van der Waals surface area contributed by atoms with Gasteiger partial charge in [-0.25, -0.2) is 13.6 Å². The highest BCUT2D eigenvalue weighted by atomic mass is 35.5. The third-order valence-corrected chi connectivity index (χ3v) is 3.71. The van der Waals surface area contributed by atoms with E-state index >= 15 is 0 Å². The van der Waals surface area contributed by atoms with Crippen molar-refractivity contribution in [3.8, 4) is 11.5 Å². The van der Waals surface area contributed by atoms with Gasteiger partial charge in [-0.15, -0.1) is 12.4 Å². The number of nitrogens with one attached hydrogen (secondary N) is 1. The summed E-state index contributed by atoms with van der Waals surface area (Å²) in [6, 6.07) is 10.2. The molecular formula is C19H23ClF2N2O3. The largest absolute Gasteiger partial charge is 0.493 e. The van der Waals surface area contributed by atoms with Crippen LogP contribution in [0.1, 0.15) is 18.0 Å². The molecule has 0 spiro atoms. The molecule has 1 atom stereocenters.